The molecule has 0 saturated carbocycles. The molecule has 21 heavy (non-hydrogen) atoms. The summed E-state index contributed by atoms with van der Waals surface area (Å²) >= 11 is 0. The van der Waals surface area contributed by atoms with Crippen molar-refractivity contribution in [1.82, 2.24) is 10.6 Å². The smallest absolute Gasteiger partial charge is 0.249 e. The Labute approximate surface area is 125 Å². The number of para-hydroxylation sites is 1. The van der Waals surface area contributed by atoms with E-state index in [0.717, 1.165) is 24.2 Å². The average molecular weight is 289 g/mol. The lowest BCUT2D eigenvalue weighted by molar-refractivity contribution is -0.132. The van der Waals surface area contributed by atoms with E-state index in [9.17, 15) is 9.59 Å². The zero-order valence-electron chi connectivity index (χ0n) is 12.8. The molecule has 2 atom stereocenters. The van der Waals surface area contributed by atoms with Crippen molar-refractivity contribution in [2.75, 3.05) is 18.0 Å². The standard InChI is InChI=1S/C16H23N3O2/c1-4-13(17-5-2)12-8-6-7-9-14(12)19-10-15(20)18-16(21)11(19)3/h6-9,11,13,17H,4-5,10H2,1-3H3,(H,18,20,21). The van der Waals surface area contributed by atoms with Crippen molar-refractivity contribution in [1.29, 1.82) is 0 Å². The third-order valence-electron chi connectivity index (χ3n) is 3.90. The third kappa shape index (κ3) is 3.24. The molecule has 0 bridgehead atoms. The predicted octanol–water partition coefficient (Wildman–Crippen LogP) is 1.60. The molecule has 2 rings (SSSR count). The van der Waals surface area contributed by atoms with Crippen LogP contribution in [0, 0.1) is 0 Å². The molecule has 1 aromatic carbocycles. The highest BCUT2D eigenvalue weighted by molar-refractivity contribution is 6.04. The van der Waals surface area contributed by atoms with Crippen molar-refractivity contribution < 1.29 is 9.59 Å². The first-order valence-electron chi connectivity index (χ1n) is 7.51. The van der Waals surface area contributed by atoms with E-state index < -0.39 is 0 Å². The highest BCUT2D eigenvalue weighted by Crippen LogP contribution is 2.30. The van der Waals surface area contributed by atoms with E-state index in [1.54, 1.807) is 0 Å². The van der Waals surface area contributed by atoms with E-state index in [1.807, 2.05) is 30.0 Å². The molecule has 0 aliphatic carbocycles. The second kappa shape index (κ2) is 6.72. The molecule has 114 valence electrons. The Morgan fingerprint density at radius 1 is 1.33 bits per heavy atom. The van der Waals surface area contributed by atoms with Crippen LogP contribution in [0.25, 0.3) is 0 Å². The van der Waals surface area contributed by atoms with E-state index >= 15 is 0 Å². The summed E-state index contributed by atoms with van der Waals surface area (Å²) in [5, 5.41) is 5.83. The number of imide groups is 1. The van der Waals surface area contributed by atoms with Gasteiger partial charge in [0, 0.05) is 11.7 Å². The van der Waals surface area contributed by atoms with Gasteiger partial charge in [-0.3, -0.25) is 14.9 Å². The largest absolute Gasteiger partial charge is 0.350 e. The number of carbonyl (C=O) groups is 2. The van der Waals surface area contributed by atoms with Crippen molar-refractivity contribution in [3.05, 3.63) is 29.8 Å². The van der Waals surface area contributed by atoms with E-state index in [4.69, 9.17) is 0 Å². The fourth-order valence-corrected chi connectivity index (χ4v) is 2.77. The average Bonchev–Trinajstić information content (AvgIpc) is 2.48. The molecule has 2 unspecified atom stereocenters. The van der Waals surface area contributed by atoms with Crippen molar-refractivity contribution in [3.8, 4) is 0 Å². The zero-order valence-corrected chi connectivity index (χ0v) is 12.8. The molecule has 1 aliphatic rings. The minimum atomic E-state index is -0.344. The molecule has 2 amide bonds. The van der Waals surface area contributed by atoms with Crippen LogP contribution in [-0.2, 0) is 9.59 Å². The molecule has 2 N–H and O–H groups in total. The third-order valence-corrected chi connectivity index (χ3v) is 3.90. The monoisotopic (exact) mass is 289 g/mol. The van der Waals surface area contributed by atoms with Crippen LogP contribution < -0.4 is 15.5 Å². The highest BCUT2D eigenvalue weighted by atomic mass is 16.2. The van der Waals surface area contributed by atoms with Crippen LogP contribution in [0.3, 0.4) is 0 Å². The molecule has 1 saturated heterocycles. The Kier molecular flexibility index (Phi) is 4.96. The Morgan fingerprint density at radius 2 is 2.05 bits per heavy atom. The number of rotatable bonds is 5. The maximum absolute atomic E-state index is 11.9. The minimum absolute atomic E-state index is 0.215. The Bertz CT molecular complexity index is 530. The summed E-state index contributed by atoms with van der Waals surface area (Å²) < 4.78 is 0. The van der Waals surface area contributed by atoms with E-state index in [2.05, 4.69) is 30.5 Å². The summed E-state index contributed by atoms with van der Waals surface area (Å²) in [4.78, 5) is 25.5. The molecule has 1 aromatic rings. The zero-order chi connectivity index (χ0) is 15.4. The second-order valence-corrected chi connectivity index (χ2v) is 5.29. The summed E-state index contributed by atoms with van der Waals surface area (Å²) in [5.41, 5.74) is 2.09. The molecular formula is C16H23N3O2. The number of piperazine rings is 1. The fourth-order valence-electron chi connectivity index (χ4n) is 2.77. The van der Waals surface area contributed by atoms with Gasteiger partial charge in [0.15, 0.2) is 0 Å². The first kappa shape index (κ1) is 15.5. The van der Waals surface area contributed by atoms with Crippen LogP contribution >= 0.6 is 0 Å². The maximum Gasteiger partial charge on any atom is 0.249 e. The van der Waals surface area contributed by atoms with Gasteiger partial charge in [0.25, 0.3) is 0 Å². The Morgan fingerprint density at radius 3 is 2.71 bits per heavy atom. The second-order valence-electron chi connectivity index (χ2n) is 5.29. The molecule has 1 fully saturated rings. The van der Waals surface area contributed by atoms with Crippen molar-refractivity contribution in [3.63, 3.8) is 0 Å². The van der Waals surface area contributed by atoms with Gasteiger partial charge in [-0.05, 0) is 31.5 Å². The molecule has 5 heteroatoms. The van der Waals surface area contributed by atoms with Crippen LogP contribution in [0.1, 0.15) is 38.8 Å². The molecule has 5 nitrogen and oxygen atoms in total. The number of amides is 2. The predicted molar refractivity (Wildman–Crippen MR) is 83.1 cm³/mol. The number of carbonyl (C=O) groups excluding carboxylic acids is 2. The van der Waals surface area contributed by atoms with E-state index in [1.165, 1.54) is 0 Å². The van der Waals surface area contributed by atoms with Gasteiger partial charge in [0.05, 0.1) is 6.54 Å². The lowest BCUT2D eigenvalue weighted by Crippen LogP contribution is -2.57. The number of nitrogens with one attached hydrogen (secondary N) is 2. The number of hydrogen-bond acceptors (Lipinski definition) is 4. The summed E-state index contributed by atoms with van der Waals surface area (Å²) in [6.45, 7) is 7.12. The Hall–Kier alpha value is -1.88. The van der Waals surface area contributed by atoms with Gasteiger partial charge in [0.1, 0.15) is 6.04 Å². The lowest BCUT2D eigenvalue weighted by Gasteiger charge is -2.36. The van der Waals surface area contributed by atoms with Gasteiger partial charge in [-0.25, -0.2) is 0 Å². The first-order valence-corrected chi connectivity index (χ1v) is 7.51. The summed E-state index contributed by atoms with van der Waals surface area (Å²) in [7, 11) is 0. The number of benzene rings is 1. The van der Waals surface area contributed by atoms with Gasteiger partial charge in [0.2, 0.25) is 11.8 Å². The van der Waals surface area contributed by atoms with E-state index in [-0.39, 0.29) is 30.4 Å². The normalized spacial score (nSPS) is 20.3. The fraction of sp³-hybridized carbons (Fsp3) is 0.500. The van der Waals surface area contributed by atoms with E-state index in [0.29, 0.717) is 0 Å². The van der Waals surface area contributed by atoms with Crippen molar-refractivity contribution in [2.24, 2.45) is 0 Å². The molecule has 0 spiro atoms. The summed E-state index contributed by atoms with van der Waals surface area (Å²) in [5.74, 6) is -0.484. The van der Waals surface area contributed by atoms with Crippen molar-refractivity contribution in [2.45, 2.75) is 39.3 Å². The first-order chi connectivity index (χ1) is 10.1. The number of anilines is 1. The van der Waals surface area contributed by atoms with Gasteiger partial charge >= 0.3 is 0 Å². The molecule has 1 heterocycles. The van der Waals surface area contributed by atoms with Gasteiger partial charge < -0.3 is 10.2 Å². The maximum atomic E-state index is 11.9. The molecular weight excluding hydrogens is 266 g/mol. The summed E-state index contributed by atoms with van der Waals surface area (Å²) in [6.07, 6.45) is 0.952. The minimum Gasteiger partial charge on any atom is -0.350 e. The van der Waals surface area contributed by atoms with Gasteiger partial charge in [-0.15, -0.1) is 0 Å². The number of hydrogen-bond donors (Lipinski definition) is 2. The van der Waals surface area contributed by atoms with Crippen LogP contribution in [0.5, 0.6) is 0 Å². The van der Waals surface area contributed by atoms with Crippen molar-refractivity contribution >= 4 is 17.5 Å². The highest BCUT2D eigenvalue weighted by Gasteiger charge is 2.32. The summed E-state index contributed by atoms with van der Waals surface area (Å²) in [6, 6.07) is 7.87. The van der Waals surface area contributed by atoms with Crippen LogP contribution in [0.15, 0.2) is 24.3 Å². The topological polar surface area (TPSA) is 61.4 Å². The molecule has 0 aromatic heterocycles. The Balaban J connectivity index is 2.38. The quantitative estimate of drug-likeness (QED) is 0.808. The van der Waals surface area contributed by atoms with Gasteiger partial charge in [-0.1, -0.05) is 32.0 Å². The lowest BCUT2D eigenvalue weighted by atomic mass is 10.00. The molecule has 1 aliphatic heterocycles. The van der Waals surface area contributed by atoms with Crippen LogP contribution in [0.4, 0.5) is 5.69 Å². The van der Waals surface area contributed by atoms with Crippen LogP contribution in [-0.4, -0.2) is 30.9 Å². The SMILES string of the molecule is CCNC(CC)c1ccccc1N1CC(=O)NC(=O)C1C. The molecule has 0 radical (unpaired) electrons. The van der Waals surface area contributed by atoms with Gasteiger partial charge in [-0.2, -0.15) is 0 Å². The number of nitrogens with zero attached hydrogens (tertiary/aromatic N) is 1. The van der Waals surface area contributed by atoms with Crippen LogP contribution in [0.2, 0.25) is 0 Å².